The lowest BCUT2D eigenvalue weighted by Crippen LogP contribution is -2.12. The summed E-state index contributed by atoms with van der Waals surface area (Å²) in [4.78, 5) is 11.5. The number of esters is 1. The lowest BCUT2D eigenvalue weighted by Gasteiger charge is -2.13. The first kappa shape index (κ1) is 14.6. The van der Waals surface area contributed by atoms with Crippen molar-refractivity contribution in [2.45, 2.75) is 19.4 Å². The van der Waals surface area contributed by atoms with Crippen molar-refractivity contribution in [3.05, 3.63) is 29.1 Å². The molecule has 18 heavy (non-hydrogen) atoms. The van der Waals surface area contributed by atoms with Gasteiger partial charge < -0.3 is 9.47 Å². The molecule has 1 aromatic rings. The molecular weight excluding hydrogens is 273 g/mol. The Morgan fingerprint density at radius 2 is 2.11 bits per heavy atom. The lowest BCUT2D eigenvalue weighted by atomic mass is 10.1. The van der Waals surface area contributed by atoms with Gasteiger partial charge in [-0.1, -0.05) is 0 Å². The molecule has 0 spiro atoms. The molecule has 0 saturated heterocycles. The van der Waals surface area contributed by atoms with Crippen molar-refractivity contribution >= 4 is 17.6 Å². The largest absolute Gasteiger partial charge is 0.462 e. The minimum atomic E-state index is -3.15. The van der Waals surface area contributed by atoms with Gasteiger partial charge in [0.2, 0.25) is 0 Å². The number of ether oxygens (including phenoxy) is 2. The fourth-order valence-electron chi connectivity index (χ4n) is 1.34. The second kappa shape index (κ2) is 6.49. The summed E-state index contributed by atoms with van der Waals surface area (Å²) in [5.41, 5.74) is -0.451. The first-order chi connectivity index (χ1) is 8.49. The Hall–Kier alpha value is -1.43. The van der Waals surface area contributed by atoms with Crippen molar-refractivity contribution in [2.24, 2.45) is 0 Å². The Kier molecular flexibility index (Phi) is 5.27. The third-order valence-electron chi connectivity index (χ3n) is 1.98. The maximum atomic E-state index is 13.2. The Morgan fingerprint density at radius 3 is 2.61 bits per heavy atom. The number of rotatable bonds is 5. The van der Waals surface area contributed by atoms with E-state index >= 15 is 0 Å². The molecule has 0 aliphatic carbocycles. The van der Waals surface area contributed by atoms with E-state index in [2.05, 4.69) is 9.47 Å². The standard InChI is InChI=1S/C11H10ClF3O3/c1-2-17-10(16)8-4-7(13)3-6(5-12)9(8)18-11(14)15/h3-4,11H,2,5H2,1H3. The first-order valence-electron chi connectivity index (χ1n) is 4.99. The Morgan fingerprint density at radius 1 is 1.44 bits per heavy atom. The van der Waals surface area contributed by atoms with E-state index in [9.17, 15) is 18.0 Å². The summed E-state index contributed by atoms with van der Waals surface area (Å²) >= 11 is 5.50. The Labute approximate surface area is 106 Å². The van der Waals surface area contributed by atoms with Gasteiger partial charge in [-0.05, 0) is 19.1 Å². The highest BCUT2D eigenvalue weighted by Gasteiger charge is 2.21. The molecule has 1 rings (SSSR count). The SMILES string of the molecule is CCOC(=O)c1cc(F)cc(CCl)c1OC(F)F. The minimum absolute atomic E-state index is 0.0275. The fraction of sp³-hybridized carbons (Fsp3) is 0.364. The van der Waals surface area contributed by atoms with Crippen LogP contribution in [0.2, 0.25) is 0 Å². The second-order valence-electron chi connectivity index (χ2n) is 3.17. The molecule has 0 bridgehead atoms. The Bertz CT molecular complexity index is 438. The van der Waals surface area contributed by atoms with Crippen LogP contribution in [0, 0.1) is 5.82 Å². The van der Waals surface area contributed by atoms with Crippen LogP contribution in [-0.4, -0.2) is 19.2 Å². The van der Waals surface area contributed by atoms with Crippen LogP contribution in [0.3, 0.4) is 0 Å². The molecule has 3 nitrogen and oxygen atoms in total. The normalized spacial score (nSPS) is 10.6. The minimum Gasteiger partial charge on any atom is -0.462 e. The van der Waals surface area contributed by atoms with Crippen LogP contribution in [0.5, 0.6) is 5.75 Å². The number of hydrogen-bond donors (Lipinski definition) is 0. The zero-order chi connectivity index (χ0) is 13.7. The second-order valence-corrected chi connectivity index (χ2v) is 3.44. The van der Waals surface area contributed by atoms with Crippen molar-refractivity contribution in [3.63, 3.8) is 0 Å². The number of halogens is 4. The van der Waals surface area contributed by atoms with Crippen LogP contribution >= 0.6 is 11.6 Å². The molecule has 0 heterocycles. The van der Waals surface area contributed by atoms with E-state index in [0.717, 1.165) is 12.1 Å². The van der Waals surface area contributed by atoms with E-state index in [1.165, 1.54) is 6.92 Å². The van der Waals surface area contributed by atoms with Crippen LogP contribution in [0.25, 0.3) is 0 Å². The van der Waals surface area contributed by atoms with Crippen LogP contribution in [-0.2, 0) is 10.6 Å². The monoisotopic (exact) mass is 282 g/mol. The van der Waals surface area contributed by atoms with Crippen molar-refractivity contribution in [1.29, 1.82) is 0 Å². The highest BCUT2D eigenvalue weighted by molar-refractivity contribution is 6.17. The quantitative estimate of drug-likeness (QED) is 0.614. The molecule has 0 N–H and O–H groups in total. The van der Waals surface area contributed by atoms with Gasteiger partial charge >= 0.3 is 12.6 Å². The van der Waals surface area contributed by atoms with Gasteiger partial charge in [0.05, 0.1) is 12.5 Å². The summed E-state index contributed by atoms with van der Waals surface area (Å²) in [5, 5.41) is 0. The van der Waals surface area contributed by atoms with Gasteiger partial charge in [-0.3, -0.25) is 0 Å². The van der Waals surface area contributed by atoms with Crippen LogP contribution in [0.4, 0.5) is 13.2 Å². The number of carbonyl (C=O) groups excluding carboxylic acids is 1. The third kappa shape index (κ3) is 3.53. The van der Waals surface area contributed by atoms with Crippen molar-refractivity contribution < 1.29 is 27.4 Å². The van der Waals surface area contributed by atoms with Gasteiger partial charge in [0.1, 0.15) is 17.1 Å². The number of carbonyl (C=O) groups is 1. The van der Waals surface area contributed by atoms with E-state index in [-0.39, 0.29) is 18.1 Å². The zero-order valence-electron chi connectivity index (χ0n) is 9.38. The molecule has 0 unspecified atom stereocenters. The highest BCUT2D eigenvalue weighted by Crippen LogP contribution is 2.29. The topological polar surface area (TPSA) is 35.5 Å². The molecule has 0 aliphatic rings. The maximum Gasteiger partial charge on any atom is 0.387 e. The summed E-state index contributed by atoms with van der Waals surface area (Å²) in [7, 11) is 0. The molecular formula is C11H10ClF3O3. The summed E-state index contributed by atoms with van der Waals surface area (Å²) in [6.07, 6.45) is 0. The smallest absolute Gasteiger partial charge is 0.387 e. The molecule has 0 atom stereocenters. The van der Waals surface area contributed by atoms with E-state index < -0.39 is 29.7 Å². The average molecular weight is 283 g/mol. The molecule has 100 valence electrons. The average Bonchev–Trinajstić information content (AvgIpc) is 2.30. The Balaban J connectivity index is 3.27. The van der Waals surface area contributed by atoms with Crippen LogP contribution in [0.15, 0.2) is 12.1 Å². The molecule has 0 aliphatic heterocycles. The van der Waals surface area contributed by atoms with Gasteiger partial charge in [0.25, 0.3) is 0 Å². The molecule has 0 radical (unpaired) electrons. The van der Waals surface area contributed by atoms with Crippen LogP contribution < -0.4 is 4.74 Å². The zero-order valence-corrected chi connectivity index (χ0v) is 10.1. The van der Waals surface area contributed by atoms with Crippen molar-refractivity contribution in [1.82, 2.24) is 0 Å². The van der Waals surface area contributed by atoms with Gasteiger partial charge in [-0.2, -0.15) is 8.78 Å². The summed E-state index contributed by atoms with van der Waals surface area (Å²) in [6, 6.07) is 1.69. The fourth-order valence-corrected chi connectivity index (χ4v) is 1.54. The van der Waals surface area contributed by atoms with E-state index in [0.29, 0.717) is 0 Å². The molecule has 0 fully saturated rings. The predicted octanol–water partition coefficient (Wildman–Crippen LogP) is 3.34. The van der Waals surface area contributed by atoms with E-state index in [1.54, 1.807) is 0 Å². The lowest BCUT2D eigenvalue weighted by molar-refractivity contribution is -0.0510. The number of alkyl halides is 3. The highest BCUT2D eigenvalue weighted by atomic mass is 35.5. The molecule has 0 aromatic heterocycles. The van der Waals surface area contributed by atoms with E-state index in [4.69, 9.17) is 11.6 Å². The summed E-state index contributed by atoms with van der Waals surface area (Å²) in [6.45, 7) is -1.59. The summed E-state index contributed by atoms with van der Waals surface area (Å²) < 4.78 is 46.6. The summed E-state index contributed by atoms with van der Waals surface area (Å²) in [5.74, 6) is -2.46. The van der Waals surface area contributed by atoms with E-state index in [1.807, 2.05) is 0 Å². The third-order valence-corrected chi connectivity index (χ3v) is 2.26. The van der Waals surface area contributed by atoms with Crippen LogP contribution in [0.1, 0.15) is 22.8 Å². The number of hydrogen-bond acceptors (Lipinski definition) is 3. The molecule has 0 amide bonds. The van der Waals surface area contributed by atoms with Gasteiger partial charge in [-0.25, -0.2) is 9.18 Å². The van der Waals surface area contributed by atoms with Crippen molar-refractivity contribution in [3.8, 4) is 5.75 Å². The number of benzene rings is 1. The molecule has 7 heteroatoms. The molecule has 0 saturated carbocycles. The predicted molar refractivity (Wildman–Crippen MR) is 58.5 cm³/mol. The maximum absolute atomic E-state index is 13.2. The molecule has 1 aromatic carbocycles. The first-order valence-corrected chi connectivity index (χ1v) is 5.53. The van der Waals surface area contributed by atoms with Gasteiger partial charge in [0.15, 0.2) is 0 Å². The van der Waals surface area contributed by atoms with Gasteiger partial charge in [0, 0.05) is 5.56 Å². The van der Waals surface area contributed by atoms with Gasteiger partial charge in [-0.15, -0.1) is 11.6 Å². The van der Waals surface area contributed by atoms with Crippen molar-refractivity contribution in [2.75, 3.05) is 6.61 Å².